The number of carboxylic acids is 1. The number of halogens is 3. The quantitative estimate of drug-likeness (QED) is 0.661. The molecule has 0 spiro atoms. The molecule has 1 aromatic heterocycles. The van der Waals surface area contributed by atoms with Gasteiger partial charge in [0.15, 0.2) is 0 Å². The highest BCUT2D eigenvalue weighted by atomic mass is 19.4. The summed E-state index contributed by atoms with van der Waals surface area (Å²) in [4.78, 5) is 13.7. The minimum atomic E-state index is -4.67. The van der Waals surface area contributed by atoms with E-state index in [0.717, 1.165) is 0 Å². The maximum atomic E-state index is 11.9. The van der Waals surface area contributed by atoms with Crippen LogP contribution in [0.15, 0.2) is 61.2 Å². The van der Waals surface area contributed by atoms with Crippen molar-refractivity contribution >= 4 is 5.97 Å². The molecule has 6 nitrogen and oxygen atoms in total. The number of aliphatic carboxylic acids is 1. The molecule has 0 fully saturated rings. The first-order valence-electron chi connectivity index (χ1n) is 6.46. The molecule has 0 saturated carbocycles. The molecule has 1 heterocycles. The molecule has 2 rings (SSSR count). The van der Waals surface area contributed by atoms with Crippen molar-refractivity contribution in [2.45, 2.75) is 20.7 Å². The molecule has 0 saturated heterocycles. The van der Waals surface area contributed by atoms with E-state index in [2.05, 4.69) is 21.4 Å². The van der Waals surface area contributed by atoms with Gasteiger partial charge in [0.25, 0.3) is 0 Å². The molecule has 2 aromatic rings. The van der Waals surface area contributed by atoms with Crippen molar-refractivity contribution in [1.82, 2.24) is 14.8 Å². The van der Waals surface area contributed by atoms with Crippen molar-refractivity contribution in [2.75, 3.05) is 0 Å². The number of aromatic nitrogens is 3. The summed E-state index contributed by atoms with van der Waals surface area (Å²) in [5, 5.41) is 12.0. The van der Waals surface area contributed by atoms with Crippen LogP contribution in [-0.2, 0) is 4.79 Å². The zero-order valence-electron chi connectivity index (χ0n) is 12.6. The standard InChI is InChI=1S/C9H6F3N3O.C6H8O2.CH4/c10-9(11,12)16-8-3-1-7(2-4-8)15-6-13-5-14-15;1-3-4-5(2)6(7)8;/h1-6H;3-4H,1H2,2H3,(H,7,8);1H4/b;5-4+;. The molecule has 136 valence electrons. The molecule has 9 heteroatoms. The summed E-state index contributed by atoms with van der Waals surface area (Å²) in [6.45, 7) is 4.86. The summed E-state index contributed by atoms with van der Waals surface area (Å²) < 4.78 is 40.8. The molecular weight excluding hydrogens is 339 g/mol. The molecule has 1 aromatic carbocycles. The predicted molar refractivity (Wildman–Crippen MR) is 86.4 cm³/mol. The summed E-state index contributed by atoms with van der Waals surface area (Å²) in [7, 11) is 0. The number of hydrogen-bond acceptors (Lipinski definition) is 4. The lowest BCUT2D eigenvalue weighted by Gasteiger charge is -2.08. The average molecular weight is 357 g/mol. The summed E-state index contributed by atoms with van der Waals surface area (Å²) >= 11 is 0. The van der Waals surface area contributed by atoms with Crippen molar-refractivity contribution in [3.05, 3.63) is 61.2 Å². The van der Waals surface area contributed by atoms with Crippen molar-refractivity contribution in [3.8, 4) is 11.4 Å². The van der Waals surface area contributed by atoms with Crippen LogP contribution in [0.1, 0.15) is 14.4 Å². The van der Waals surface area contributed by atoms with Gasteiger partial charge >= 0.3 is 12.3 Å². The molecule has 0 radical (unpaired) electrons. The van der Waals surface area contributed by atoms with E-state index in [0.29, 0.717) is 11.3 Å². The van der Waals surface area contributed by atoms with Gasteiger partial charge in [-0.3, -0.25) is 0 Å². The van der Waals surface area contributed by atoms with E-state index in [1.54, 1.807) is 0 Å². The molecule has 0 aliphatic carbocycles. The number of hydrogen-bond donors (Lipinski definition) is 1. The van der Waals surface area contributed by atoms with Gasteiger partial charge < -0.3 is 9.84 Å². The lowest BCUT2D eigenvalue weighted by atomic mass is 10.3. The van der Waals surface area contributed by atoms with E-state index in [9.17, 15) is 18.0 Å². The Morgan fingerprint density at radius 2 is 1.92 bits per heavy atom. The second-order valence-corrected chi connectivity index (χ2v) is 4.27. The van der Waals surface area contributed by atoms with Gasteiger partial charge in [-0.05, 0) is 31.2 Å². The van der Waals surface area contributed by atoms with Crippen LogP contribution in [-0.4, -0.2) is 32.2 Å². The smallest absolute Gasteiger partial charge is 0.478 e. The van der Waals surface area contributed by atoms with Crippen molar-refractivity contribution in [3.63, 3.8) is 0 Å². The number of carbonyl (C=O) groups is 1. The Labute approximate surface area is 142 Å². The monoisotopic (exact) mass is 357 g/mol. The summed E-state index contributed by atoms with van der Waals surface area (Å²) in [6, 6.07) is 5.33. The van der Waals surface area contributed by atoms with E-state index >= 15 is 0 Å². The Bertz CT molecular complexity index is 694. The molecule has 0 bridgehead atoms. The van der Waals surface area contributed by atoms with Crippen molar-refractivity contribution in [1.29, 1.82) is 0 Å². The largest absolute Gasteiger partial charge is 0.573 e. The minimum absolute atomic E-state index is 0. The third-order valence-electron chi connectivity index (χ3n) is 2.46. The number of benzene rings is 1. The Morgan fingerprint density at radius 3 is 2.28 bits per heavy atom. The normalized spacial score (nSPS) is 10.8. The third-order valence-corrected chi connectivity index (χ3v) is 2.46. The fraction of sp³-hybridized carbons (Fsp3) is 0.188. The Hall–Kier alpha value is -3.10. The minimum Gasteiger partial charge on any atom is -0.478 e. The molecule has 25 heavy (non-hydrogen) atoms. The SMILES string of the molecule is C.C=C/C=C(\C)C(=O)O.FC(F)(F)Oc1ccc(-n2cncn2)cc1. The van der Waals surface area contributed by atoms with E-state index in [-0.39, 0.29) is 13.2 Å². The van der Waals surface area contributed by atoms with Gasteiger partial charge in [-0.2, -0.15) is 5.10 Å². The van der Waals surface area contributed by atoms with Crippen LogP contribution in [0.5, 0.6) is 5.75 Å². The number of nitrogens with zero attached hydrogens (tertiary/aromatic N) is 3. The average Bonchev–Trinajstić information content (AvgIpc) is 3.01. The Kier molecular flexibility index (Phi) is 8.68. The van der Waals surface area contributed by atoms with E-state index in [4.69, 9.17) is 5.11 Å². The fourth-order valence-corrected chi connectivity index (χ4v) is 1.39. The summed E-state index contributed by atoms with van der Waals surface area (Å²) in [5.41, 5.74) is 0.909. The van der Waals surface area contributed by atoms with Gasteiger partial charge in [0, 0.05) is 5.57 Å². The van der Waals surface area contributed by atoms with Gasteiger partial charge in [0.05, 0.1) is 5.69 Å². The zero-order valence-corrected chi connectivity index (χ0v) is 12.6. The van der Waals surface area contributed by atoms with Crippen LogP contribution < -0.4 is 4.74 Å². The number of carboxylic acid groups (broad SMARTS) is 1. The number of ether oxygens (including phenoxy) is 1. The maximum Gasteiger partial charge on any atom is 0.573 e. The molecule has 0 aliphatic heterocycles. The lowest BCUT2D eigenvalue weighted by molar-refractivity contribution is -0.274. The highest BCUT2D eigenvalue weighted by Crippen LogP contribution is 2.23. The first-order chi connectivity index (χ1) is 11.2. The maximum absolute atomic E-state index is 11.9. The van der Waals surface area contributed by atoms with Crippen LogP contribution >= 0.6 is 0 Å². The molecule has 0 unspecified atom stereocenters. The highest BCUT2D eigenvalue weighted by Gasteiger charge is 2.30. The lowest BCUT2D eigenvalue weighted by Crippen LogP contribution is -2.17. The molecule has 0 aliphatic rings. The van der Waals surface area contributed by atoms with E-state index < -0.39 is 12.3 Å². The second kappa shape index (κ2) is 9.91. The van der Waals surface area contributed by atoms with Gasteiger partial charge in [0.1, 0.15) is 18.4 Å². The number of rotatable bonds is 4. The Morgan fingerprint density at radius 1 is 1.32 bits per heavy atom. The molecular formula is C16H18F3N3O3. The zero-order chi connectivity index (χ0) is 18.2. The van der Waals surface area contributed by atoms with Gasteiger partial charge in [0.2, 0.25) is 0 Å². The van der Waals surface area contributed by atoms with Crippen molar-refractivity contribution < 1.29 is 27.8 Å². The third kappa shape index (κ3) is 8.35. The van der Waals surface area contributed by atoms with Crippen LogP contribution in [0.25, 0.3) is 5.69 Å². The second-order valence-electron chi connectivity index (χ2n) is 4.27. The highest BCUT2D eigenvalue weighted by molar-refractivity contribution is 5.86. The van der Waals surface area contributed by atoms with Crippen LogP contribution in [0.3, 0.4) is 0 Å². The van der Waals surface area contributed by atoms with E-state index in [1.807, 2.05) is 0 Å². The molecule has 0 amide bonds. The van der Waals surface area contributed by atoms with Gasteiger partial charge in [-0.25, -0.2) is 14.5 Å². The predicted octanol–water partition coefficient (Wildman–Crippen LogP) is 4.01. The van der Waals surface area contributed by atoms with Crippen molar-refractivity contribution in [2.24, 2.45) is 0 Å². The Balaban J connectivity index is 0.000000552. The van der Waals surface area contributed by atoms with Crippen LogP contribution in [0.2, 0.25) is 0 Å². The van der Waals surface area contributed by atoms with Gasteiger partial charge in [-0.15, -0.1) is 13.2 Å². The summed E-state index contributed by atoms with van der Waals surface area (Å²) in [6.07, 6.45) is 1.00. The molecule has 1 N–H and O–H groups in total. The molecule has 0 atom stereocenters. The summed E-state index contributed by atoms with van der Waals surface area (Å²) in [5.74, 6) is -1.17. The number of allylic oxidation sites excluding steroid dienone is 2. The number of alkyl halides is 3. The van der Waals surface area contributed by atoms with Gasteiger partial charge in [-0.1, -0.05) is 26.2 Å². The fourth-order valence-electron chi connectivity index (χ4n) is 1.39. The van der Waals surface area contributed by atoms with Crippen LogP contribution in [0, 0.1) is 0 Å². The van der Waals surface area contributed by atoms with Crippen LogP contribution in [0.4, 0.5) is 13.2 Å². The first kappa shape index (κ1) is 21.9. The first-order valence-corrected chi connectivity index (χ1v) is 6.46. The topological polar surface area (TPSA) is 77.2 Å². The van der Waals surface area contributed by atoms with E-state index in [1.165, 1.54) is 60.7 Å².